The summed E-state index contributed by atoms with van der Waals surface area (Å²) in [4.78, 5) is 34.7. The first-order valence-corrected chi connectivity index (χ1v) is 12.5. The third-order valence-corrected chi connectivity index (χ3v) is 6.90. The molecule has 0 bridgehead atoms. The number of amidine groups is 1. The SMILES string of the molecule is CCN1C(=O)/C(=C\c2ccc(C(C)(C)C)cc2)SC1=Nc1cccc(C(=O)N2CCOCC2)c1. The van der Waals surface area contributed by atoms with Crippen molar-refractivity contribution in [2.45, 2.75) is 33.1 Å². The van der Waals surface area contributed by atoms with Crippen LogP contribution in [-0.4, -0.2) is 59.6 Å². The molecule has 34 heavy (non-hydrogen) atoms. The van der Waals surface area contributed by atoms with Crippen LogP contribution in [0.3, 0.4) is 0 Å². The molecule has 0 radical (unpaired) electrons. The van der Waals surface area contributed by atoms with Gasteiger partial charge in [0.05, 0.1) is 23.8 Å². The third-order valence-electron chi connectivity index (χ3n) is 5.89. The summed E-state index contributed by atoms with van der Waals surface area (Å²) in [6.07, 6.45) is 1.92. The summed E-state index contributed by atoms with van der Waals surface area (Å²) in [5.41, 5.74) is 3.57. The van der Waals surface area contributed by atoms with Crippen LogP contribution in [0, 0.1) is 0 Å². The second-order valence-corrected chi connectivity index (χ2v) is 10.4. The summed E-state index contributed by atoms with van der Waals surface area (Å²) < 4.78 is 5.34. The molecule has 2 heterocycles. The van der Waals surface area contributed by atoms with Gasteiger partial charge in [-0.3, -0.25) is 14.5 Å². The van der Waals surface area contributed by atoms with E-state index in [2.05, 4.69) is 32.9 Å². The second-order valence-electron chi connectivity index (χ2n) is 9.38. The Hall–Kier alpha value is -2.90. The molecule has 4 rings (SSSR count). The Morgan fingerprint density at radius 1 is 1.12 bits per heavy atom. The summed E-state index contributed by atoms with van der Waals surface area (Å²) >= 11 is 1.37. The van der Waals surface area contributed by atoms with Crippen LogP contribution in [0.1, 0.15) is 49.2 Å². The van der Waals surface area contributed by atoms with E-state index >= 15 is 0 Å². The monoisotopic (exact) mass is 477 g/mol. The van der Waals surface area contributed by atoms with Crippen molar-refractivity contribution in [2.24, 2.45) is 4.99 Å². The van der Waals surface area contributed by atoms with E-state index in [0.717, 1.165) is 5.56 Å². The van der Waals surface area contributed by atoms with Crippen LogP contribution < -0.4 is 0 Å². The highest BCUT2D eigenvalue weighted by molar-refractivity contribution is 8.18. The van der Waals surface area contributed by atoms with E-state index in [0.29, 0.717) is 54.2 Å². The lowest BCUT2D eigenvalue weighted by Crippen LogP contribution is -2.40. The molecule has 7 heteroatoms. The second kappa shape index (κ2) is 10.2. The molecule has 0 spiro atoms. The lowest BCUT2D eigenvalue weighted by molar-refractivity contribution is -0.122. The molecular weight excluding hydrogens is 446 g/mol. The molecule has 2 aromatic carbocycles. The van der Waals surface area contributed by atoms with Crippen molar-refractivity contribution in [3.05, 3.63) is 70.1 Å². The molecule has 2 aromatic rings. The molecular formula is C27H31N3O3S. The van der Waals surface area contributed by atoms with Gasteiger partial charge in [-0.25, -0.2) is 4.99 Å². The van der Waals surface area contributed by atoms with E-state index in [9.17, 15) is 9.59 Å². The number of carbonyl (C=O) groups is 2. The maximum atomic E-state index is 13.0. The Morgan fingerprint density at radius 2 is 1.82 bits per heavy atom. The van der Waals surface area contributed by atoms with Crippen LogP contribution in [-0.2, 0) is 14.9 Å². The number of carbonyl (C=O) groups excluding carboxylic acids is 2. The molecule has 6 nitrogen and oxygen atoms in total. The zero-order chi connectivity index (χ0) is 24.3. The van der Waals surface area contributed by atoms with Crippen LogP contribution in [0.4, 0.5) is 5.69 Å². The average molecular weight is 478 g/mol. The van der Waals surface area contributed by atoms with E-state index in [4.69, 9.17) is 9.73 Å². The average Bonchev–Trinajstić information content (AvgIpc) is 3.12. The van der Waals surface area contributed by atoms with Crippen LogP contribution >= 0.6 is 11.8 Å². The topological polar surface area (TPSA) is 62.2 Å². The number of rotatable bonds is 4. The number of amides is 2. The number of thioether (sulfide) groups is 1. The number of likely N-dealkylation sites (N-methyl/N-ethyl adjacent to an activating group) is 1. The molecule has 2 amide bonds. The molecule has 0 atom stereocenters. The summed E-state index contributed by atoms with van der Waals surface area (Å²) in [5.74, 6) is -0.0705. The fraction of sp³-hybridized carbons (Fsp3) is 0.370. The largest absolute Gasteiger partial charge is 0.378 e. The Kier molecular flexibility index (Phi) is 7.24. The van der Waals surface area contributed by atoms with Crippen molar-refractivity contribution in [1.82, 2.24) is 9.80 Å². The highest BCUT2D eigenvalue weighted by Crippen LogP contribution is 2.34. The zero-order valence-electron chi connectivity index (χ0n) is 20.2. The van der Waals surface area contributed by atoms with E-state index in [1.165, 1.54) is 17.3 Å². The number of hydrogen-bond donors (Lipinski definition) is 0. The third kappa shape index (κ3) is 5.42. The molecule has 2 saturated heterocycles. The number of hydrogen-bond acceptors (Lipinski definition) is 5. The van der Waals surface area contributed by atoms with Gasteiger partial charge in [0.15, 0.2) is 5.17 Å². The number of ether oxygens (including phenoxy) is 1. The van der Waals surface area contributed by atoms with E-state index in [-0.39, 0.29) is 17.2 Å². The lowest BCUT2D eigenvalue weighted by atomic mass is 9.87. The molecule has 178 valence electrons. The minimum atomic E-state index is -0.0494. The van der Waals surface area contributed by atoms with Crippen molar-refractivity contribution < 1.29 is 14.3 Å². The summed E-state index contributed by atoms with van der Waals surface area (Å²) in [5, 5.41) is 0.626. The minimum Gasteiger partial charge on any atom is -0.378 e. The van der Waals surface area contributed by atoms with Crippen LogP contribution in [0.5, 0.6) is 0 Å². The van der Waals surface area contributed by atoms with Gasteiger partial charge in [0.1, 0.15) is 0 Å². The van der Waals surface area contributed by atoms with Gasteiger partial charge in [0.25, 0.3) is 11.8 Å². The Balaban J connectivity index is 1.56. The van der Waals surface area contributed by atoms with Gasteiger partial charge in [-0.2, -0.15) is 0 Å². The number of morpholine rings is 1. The molecule has 0 N–H and O–H groups in total. The van der Waals surface area contributed by atoms with Gasteiger partial charge >= 0.3 is 0 Å². The maximum absolute atomic E-state index is 13.0. The van der Waals surface area contributed by atoms with E-state index < -0.39 is 0 Å². The highest BCUT2D eigenvalue weighted by Gasteiger charge is 2.32. The molecule has 2 aliphatic heterocycles. The van der Waals surface area contributed by atoms with Crippen molar-refractivity contribution >= 4 is 40.5 Å². The molecule has 2 aliphatic rings. The summed E-state index contributed by atoms with van der Waals surface area (Å²) in [6, 6.07) is 15.6. The van der Waals surface area contributed by atoms with Crippen molar-refractivity contribution in [1.29, 1.82) is 0 Å². The predicted octanol–water partition coefficient (Wildman–Crippen LogP) is 5.08. The normalized spacial score (nSPS) is 19.4. The number of aliphatic imine (C=N–C) groups is 1. The minimum absolute atomic E-state index is 0.0212. The Bertz CT molecular complexity index is 1130. The predicted molar refractivity (Wildman–Crippen MR) is 138 cm³/mol. The van der Waals surface area contributed by atoms with E-state index in [1.807, 2.05) is 37.3 Å². The number of benzene rings is 2. The molecule has 0 aliphatic carbocycles. The zero-order valence-corrected chi connectivity index (χ0v) is 21.0. The first kappa shape index (κ1) is 24.2. The standard InChI is InChI=1S/C27H31N3O3S/c1-5-30-25(32)23(17-19-9-11-21(12-10-19)27(2,3)4)34-26(30)28-22-8-6-7-20(18-22)24(31)29-13-15-33-16-14-29/h6-12,17-18H,5,13-16H2,1-4H3/b23-17+,28-26?. The van der Waals surface area contributed by atoms with Crippen LogP contribution in [0.15, 0.2) is 58.4 Å². The molecule has 0 aromatic heterocycles. The van der Waals surface area contributed by atoms with Crippen LogP contribution in [0.25, 0.3) is 6.08 Å². The fourth-order valence-electron chi connectivity index (χ4n) is 3.87. The summed E-state index contributed by atoms with van der Waals surface area (Å²) in [6.45, 7) is 11.3. The van der Waals surface area contributed by atoms with Gasteiger partial charge in [-0.05, 0) is 59.5 Å². The first-order valence-electron chi connectivity index (χ1n) is 11.6. The first-order chi connectivity index (χ1) is 16.3. The maximum Gasteiger partial charge on any atom is 0.266 e. The smallest absolute Gasteiger partial charge is 0.266 e. The van der Waals surface area contributed by atoms with Crippen molar-refractivity contribution in [3.63, 3.8) is 0 Å². The Morgan fingerprint density at radius 3 is 2.47 bits per heavy atom. The van der Waals surface area contributed by atoms with Gasteiger partial charge in [0, 0.05) is 25.2 Å². The van der Waals surface area contributed by atoms with Crippen molar-refractivity contribution in [2.75, 3.05) is 32.8 Å². The van der Waals surface area contributed by atoms with Gasteiger partial charge < -0.3 is 9.64 Å². The quantitative estimate of drug-likeness (QED) is 0.576. The van der Waals surface area contributed by atoms with Gasteiger partial charge in [-0.1, -0.05) is 51.1 Å². The van der Waals surface area contributed by atoms with Crippen LogP contribution in [0.2, 0.25) is 0 Å². The number of nitrogens with zero attached hydrogens (tertiary/aromatic N) is 3. The molecule has 0 saturated carbocycles. The van der Waals surface area contributed by atoms with Gasteiger partial charge in [-0.15, -0.1) is 0 Å². The van der Waals surface area contributed by atoms with Gasteiger partial charge in [0.2, 0.25) is 0 Å². The summed E-state index contributed by atoms with van der Waals surface area (Å²) in [7, 11) is 0. The highest BCUT2D eigenvalue weighted by atomic mass is 32.2. The molecule has 0 unspecified atom stereocenters. The Labute approximate surface area is 205 Å². The lowest BCUT2D eigenvalue weighted by Gasteiger charge is -2.26. The molecule has 2 fully saturated rings. The van der Waals surface area contributed by atoms with E-state index in [1.54, 1.807) is 21.9 Å². The van der Waals surface area contributed by atoms with Crippen molar-refractivity contribution in [3.8, 4) is 0 Å². The fourth-order valence-corrected chi connectivity index (χ4v) is 4.93.